The minimum atomic E-state index is 0.369. The van der Waals surface area contributed by atoms with Crippen molar-refractivity contribution in [2.75, 3.05) is 32.8 Å². The lowest BCUT2D eigenvalue weighted by molar-refractivity contribution is 0.0449. The van der Waals surface area contributed by atoms with Gasteiger partial charge in [0, 0.05) is 13.1 Å². The van der Waals surface area contributed by atoms with E-state index in [0.29, 0.717) is 13.2 Å². The minimum absolute atomic E-state index is 0.369. The Kier molecular flexibility index (Phi) is 4.51. The van der Waals surface area contributed by atoms with Gasteiger partial charge in [0.05, 0.1) is 30.8 Å². The van der Waals surface area contributed by atoms with E-state index in [2.05, 4.69) is 25.5 Å². The molecule has 3 heterocycles. The second kappa shape index (κ2) is 7.45. The second-order valence-corrected chi connectivity index (χ2v) is 6.67. The number of hydrogen-bond donors (Lipinski definition) is 0. The standard InChI is InChI=1S/C19H20N8O/c1-3-7-17-15(5-1)21-23-26(17)14-20-19(13-25-9-11-28-12-10-25)27-18-8-4-2-6-16(18)22-24-27/h1-8H,9-14H2/b20-19+. The summed E-state index contributed by atoms with van der Waals surface area (Å²) < 4.78 is 9.09. The van der Waals surface area contributed by atoms with Crippen molar-refractivity contribution < 1.29 is 4.74 Å². The van der Waals surface area contributed by atoms with Crippen LogP contribution in [0.15, 0.2) is 53.5 Å². The van der Waals surface area contributed by atoms with Gasteiger partial charge in [-0.25, -0.2) is 9.67 Å². The molecular weight excluding hydrogens is 356 g/mol. The summed E-state index contributed by atoms with van der Waals surface area (Å²) in [6, 6.07) is 15.8. The number of benzene rings is 2. The maximum atomic E-state index is 5.47. The van der Waals surface area contributed by atoms with Crippen molar-refractivity contribution in [3.8, 4) is 0 Å². The molecule has 2 aromatic heterocycles. The van der Waals surface area contributed by atoms with E-state index in [-0.39, 0.29) is 0 Å². The number of rotatable bonds is 4. The van der Waals surface area contributed by atoms with Gasteiger partial charge >= 0.3 is 0 Å². The third-order valence-corrected chi connectivity index (χ3v) is 4.87. The molecule has 4 aromatic rings. The van der Waals surface area contributed by atoms with Gasteiger partial charge in [-0.2, -0.15) is 4.68 Å². The molecule has 2 aromatic carbocycles. The van der Waals surface area contributed by atoms with Crippen molar-refractivity contribution in [3.05, 3.63) is 48.5 Å². The van der Waals surface area contributed by atoms with Crippen LogP contribution in [0, 0.1) is 0 Å². The molecule has 0 radical (unpaired) electrons. The van der Waals surface area contributed by atoms with Gasteiger partial charge in [0.2, 0.25) is 0 Å². The number of nitrogens with zero attached hydrogens (tertiary/aromatic N) is 8. The molecule has 0 N–H and O–H groups in total. The van der Waals surface area contributed by atoms with Crippen LogP contribution in [-0.4, -0.2) is 73.6 Å². The van der Waals surface area contributed by atoms with E-state index in [1.807, 2.05) is 53.2 Å². The highest BCUT2D eigenvalue weighted by Crippen LogP contribution is 2.12. The Bertz CT molecular complexity index is 1130. The van der Waals surface area contributed by atoms with E-state index in [1.54, 1.807) is 4.68 Å². The number of morpholine rings is 1. The number of ether oxygens (including phenoxy) is 1. The molecule has 0 amide bonds. The molecular formula is C19H20N8O. The number of hydrogen-bond acceptors (Lipinski definition) is 7. The van der Waals surface area contributed by atoms with Gasteiger partial charge in [-0.1, -0.05) is 34.7 Å². The van der Waals surface area contributed by atoms with Crippen molar-refractivity contribution >= 4 is 27.9 Å². The third-order valence-electron chi connectivity index (χ3n) is 4.87. The highest BCUT2D eigenvalue weighted by atomic mass is 16.5. The topological polar surface area (TPSA) is 86.3 Å². The maximum absolute atomic E-state index is 5.47. The van der Waals surface area contributed by atoms with E-state index in [1.165, 1.54) is 0 Å². The molecule has 0 atom stereocenters. The highest BCUT2D eigenvalue weighted by molar-refractivity contribution is 5.93. The monoisotopic (exact) mass is 376 g/mol. The molecule has 0 bridgehead atoms. The summed E-state index contributed by atoms with van der Waals surface area (Å²) in [5.74, 6) is 0.829. The van der Waals surface area contributed by atoms with Gasteiger partial charge in [-0.05, 0) is 24.3 Å². The fraction of sp³-hybridized carbons (Fsp3) is 0.316. The van der Waals surface area contributed by atoms with E-state index in [4.69, 9.17) is 9.73 Å². The Labute approximate surface area is 161 Å². The van der Waals surface area contributed by atoms with Gasteiger partial charge < -0.3 is 4.74 Å². The van der Waals surface area contributed by atoms with Gasteiger partial charge in [-0.3, -0.25) is 4.90 Å². The lowest BCUT2D eigenvalue weighted by Crippen LogP contribution is -2.41. The number of aromatic nitrogens is 6. The molecule has 1 aliphatic rings. The predicted octanol–water partition coefficient (Wildman–Crippen LogP) is 1.41. The SMILES string of the molecule is c1ccc2c(c1)nnn2C/N=C(\CN1CCOCC1)n1nnc2ccccc21. The first-order valence-electron chi connectivity index (χ1n) is 9.31. The van der Waals surface area contributed by atoms with E-state index in [9.17, 15) is 0 Å². The van der Waals surface area contributed by atoms with Crippen LogP contribution in [0.2, 0.25) is 0 Å². The molecule has 0 unspecified atom stereocenters. The normalized spacial score (nSPS) is 16.2. The Morgan fingerprint density at radius 2 is 1.57 bits per heavy atom. The summed E-state index contributed by atoms with van der Waals surface area (Å²) in [5, 5.41) is 17.1. The zero-order valence-electron chi connectivity index (χ0n) is 15.3. The highest BCUT2D eigenvalue weighted by Gasteiger charge is 2.17. The molecule has 0 saturated carbocycles. The Balaban J connectivity index is 1.50. The van der Waals surface area contributed by atoms with Gasteiger partial charge in [0.25, 0.3) is 0 Å². The van der Waals surface area contributed by atoms with Crippen molar-refractivity contribution in [3.63, 3.8) is 0 Å². The van der Waals surface area contributed by atoms with Crippen LogP contribution in [0.4, 0.5) is 0 Å². The lowest BCUT2D eigenvalue weighted by Gasteiger charge is -2.26. The zero-order valence-corrected chi connectivity index (χ0v) is 15.3. The Hall–Kier alpha value is -3.17. The summed E-state index contributed by atoms with van der Waals surface area (Å²) in [4.78, 5) is 7.18. The van der Waals surface area contributed by atoms with Crippen LogP contribution >= 0.6 is 0 Å². The van der Waals surface area contributed by atoms with Crippen molar-refractivity contribution in [2.24, 2.45) is 4.99 Å². The molecule has 1 fully saturated rings. The largest absolute Gasteiger partial charge is 0.379 e. The first-order chi connectivity index (χ1) is 13.9. The van der Waals surface area contributed by atoms with Crippen LogP contribution in [0.1, 0.15) is 0 Å². The van der Waals surface area contributed by atoms with Crippen molar-refractivity contribution in [2.45, 2.75) is 6.67 Å². The molecule has 0 aliphatic carbocycles. The first-order valence-corrected chi connectivity index (χ1v) is 9.31. The molecule has 28 heavy (non-hydrogen) atoms. The number of para-hydroxylation sites is 2. The van der Waals surface area contributed by atoms with Crippen molar-refractivity contribution in [1.82, 2.24) is 34.9 Å². The van der Waals surface area contributed by atoms with E-state index in [0.717, 1.165) is 54.2 Å². The third kappa shape index (κ3) is 3.25. The predicted molar refractivity (Wildman–Crippen MR) is 105 cm³/mol. The molecule has 1 aliphatic heterocycles. The molecule has 142 valence electrons. The Morgan fingerprint density at radius 1 is 0.893 bits per heavy atom. The molecule has 9 nitrogen and oxygen atoms in total. The molecule has 5 rings (SSSR count). The summed E-state index contributed by atoms with van der Waals surface area (Å²) in [6.07, 6.45) is 0. The number of fused-ring (bicyclic) bond motifs is 2. The van der Waals surface area contributed by atoms with Gasteiger partial charge in [0.15, 0.2) is 0 Å². The molecule has 9 heteroatoms. The van der Waals surface area contributed by atoms with Crippen LogP contribution in [0.25, 0.3) is 22.1 Å². The van der Waals surface area contributed by atoms with Crippen molar-refractivity contribution in [1.29, 1.82) is 0 Å². The van der Waals surface area contributed by atoms with Crippen LogP contribution in [0.3, 0.4) is 0 Å². The fourth-order valence-electron chi connectivity index (χ4n) is 3.37. The summed E-state index contributed by atoms with van der Waals surface area (Å²) >= 11 is 0. The summed E-state index contributed by atoms with van der Waals surface area (Å²) in [7, 11) is 0. The maximum Gasteiger partial charge on any atom is 0.143 e. The first kappa shape index (κ1) is 17.0. The smallest absolute Gasteiger partial charge is 0.143 e. The zero-order chi connectivity index (χ0) is 18.8. The molecule has 0 spiro atoms. The van der Waals surface area contributed by atoms with Gasteiger partial charge in [0.1, 0.15) is 23.5 Å². The summed E-state index contributed by atoms with van der Waals surface area (Å²) in [6.45, 7) is 4.26. The van der Waals surface area contributed by atoms with Crippen LogP contribution in [-0.2, 0) is 11.4 Å². The quantitative estimate of drug-likeness (QED) is 0.395. The van der Waals surface area contributed by atoms with E-state index < -0.39 is 0 Å². The molecule has 1 saturated heterocycles. The Morgan fingerprint density at radius 3 is 2.39 bits per heavy atom. The minimum Gasteiger partial charge on any atom is -0.379 e. The summed E-state index contributed by atoms with van der Waals surface area (Å²) in [5.41, 5.74) is 3.61. The average molecular weight is 376 g/mol. The van der Waals surface area contributed by atoms with E-state index >= 15 is 0 Å². The lowest BCUT2D eigenvalue weighted by atomic mass is 10.3. The number of aliphatic imine (C=N–C) groups is 1. The second-order valence-electron chi connectivity index (χ2n) is 6.67. The fourth-order valence-corrected chi connectivity index (χ4v) is 3.37. The van der Waals surface area contributed by atoms with Crippen LogP contribution < -0.4 is 0 Å². The van der Waals surface area contributed by atoms with Crippen LogP contribution in [0.5, 0.6) is 0 Å². The van der Waals surface area contributed by atoms with Gasteiger partial charge in [-0.15, -0.1) is 10.2 Å². The average Bonchev–Trinajstić information content (AvgIpc) is 3.36.